The Bertz CT molecular complexity index is 829. The minimum atomic E-state index is -0.458. The Morgan fingerprint density at radius 2 is 1.65 bits per heavy atom. The minimum absolute atomic E-state index is 0.0624. The summed E-state index contributed by atoms with van der Waals surface area (Å²) in [4.78, 5) is 29.6. The molecule has 6 heteroatoms. The first-order valence-corrected chi connectivity index (χ1v) is 8.83. The number of hydrogen-bond acceptors (Lipinski definition) is 4. The molecule has 6 nitrogen and oxygen atoms in total. The van der Waals surface area contributed by atoms with Crippen LogP contribution in [0, 0.1) is 5.41 Å². The van der Waals surface area contributed by atoms with Gasteiger partial charge in [0, 0.05) is 43.9 Å². The molecule has 0 aliphatic carbocycles. The van der Waals surface area contributed by atoms with Gasteiger partial charge in [0.2, 0.25) is 5.78 Å². The second-order valence-electron chi connectivity index (χ2n) is 8.96. The Balaban J connectivity index is 2.20. The molecule has 142 valence electrons. The molecule has 0 aromatic carbocycles. The van der Waals surface area contributed by atoms with E-state index in [1.165, 1.54) is 0 Å². The zero-order chi connectivity index (χ0) is 19.9. The lowest BCUT2D eigenvalue weighted by atomic mass is 9.89. The van der Waals surface area contributed by atoms with Gasteiger partial charge in [0.1, 0.15) is 5.82 Å². The highest BCUT2D eigenvalue weighted by Gasteiger charge is 2.26. The molecule has 0 saturated carbocycles. The van der Waals surface area contributed by atoms with E-state index in [9.17, 15) is 9.59 Å². The van der Waals surface area contributed by atoms with Gasteiger partial charge in [0.15, 0.2) is 11.6 Å². The molecule has 0 atom stereocenters. The third kappa shape index (κ3) is 4.62. The van der Waals surface area contributed by atoms with E-state index in [0.29, 0.717) is 17.3 Å². The number of carbonyl (C=O) groups is 2. The second kappa shape index (κ2) is 6.74. The zero-order valence-electron chi connectivity index (χ0n) is 17.1. The van der Waals surface area contributed by atoms with Crippen molar-refractivity contribution >= 4 is 17.4 Å². The number of rotatable bonds is 5. The first-order valence-electron chi connectivity index (χ1n) is 8.83. The predicted octanol–water partition coefficient (Wildman–Crippen LogP) is 3.62. The van der Waals surface area contributed by atoms with Crippen molar-refractivity contribution in [2.24, 2.45) is 19.5 Å². The van der Waals surface area contributed by atoms with Crippen LogP contribution < -0.4 is 5.32 Å². The molecule has 0 aliphatic heterocycles. The van der Waals surface area contributed by atoms with E-state index in [0.717, 1.165) is 5.56 Å². The molecule has 0 saturated heterocycles. The number of anilines is 1. The maximum absolute atomic E-state index is 12.7. The Hall–Kier alpha value is -2.37. The van der Waals surface area contributed by atoms with Gasteiger partial charge < -0.3 is 14.5 Å². The largest absolute Gasteiger partial charge is 0.364 e. The van der Waals surface area contributed by atoms with E-state index in [4.69, 9.17) is 0 Å². The van der Waals surface area contributed by atoms with E-state index in [1.807, 2.05) is 74.1 Å². The van der Waals surface area contributed by atoms with E-state index in [2.05, 4.69) is 10.3 Å². The summed E-state index contributed by atoms with van der Waals surface area (Å²) in [5.41, 5.74) is 0.852. The maximum atomic E-state index is 12.7. The average Bonchev–Trinajstić information content (AvgIpc) is 2.98. The average molecular weight is 358 g/mol. The summed E-state index contributed by atoms with van der Waals surface area (Å²) >= 11 is 0. The predicted molar refractivity (Wildman–Crippen MR) is 104 cm³/mol. The molecule has 0 bridgehead atoms. The molecular weight excluding hydrogens is 328 g/mol. The summed E-state index contributed by atoms with van der Waals surface area (Å²) in [5, 5.41) is 3.27. The number of ketones is 2. The van der Waals surface area contributed by atoms with Crippen molar-refractivity contribution in [2.75, 3.05) is 5.32 Å². The Morgan fingerprint density at radius 1 is 1.04 bits per heavy atom. The molecule has 2 rings (SSSR count). The summed E-state index contributed by atoms with van der Waals surface area (Å²) in [6.07, 6.45) is 3.87. The van der Waals surface area contributed by atoms with E-state index in [-0.39, 0.29) is 23.5 Å². The molecule has 0 spiro atoms. The highest BCUT2D eigenvalue weighted by atomic mass is 16.1. The topological polar surface area (TPSA) is 68.9 Å². The number of carbonyl (C=O) groups excluding carboxylic acids is 2. The van der Waals surface area contributed by atoms with Crippen LogP contribution in [0.2, 0.25) is 0 Å². The summed E-state index contributed by atoms with van der Waals surface area (Å²) in [7, 11) is 3.65. The van der Waals surface area contributed by atoms with Gasteiger partial charge in [-0.15, -0.1) is 0 Å². The van der Waals surface area contributed by atoms with Gasteiger partial charge in [0.05, 0.1) is 5.69 Å². The molecule has 0 unspecified atom stereocenters. The molecule has 0 fully saturated rings. The van der Waals surface area contributed by atoms with Crippen molar-refractivity contribution in [1.29, 1.82) is 0 Å². The SMILES string of the molecule is Cn1cc(CC(=O)c2nc(NC(C)(C)C)cn2C)cc1C(=O)C(C)(C)C. The summed E-state index contributed by atoms with van der Waals surface area (Å²) in [5.74, 6) is 1.08. The zero-order valence-corrected chi connectivity index (χ0v) is 17.1. The number of hydrogen-bond donors (Lipinski definition) is 1. The number of imidazole rings is 1. The van der Waals surface area contributed by atoms with Crippen LogP contribution in [-0.4, -0.2) is 31.2 Å². The third-order valence-corrected chi connectivity index (χ3v) is 3.97. The van der Waals surface area contributed by atoms with Crippen molar-refractivity contribution < 1.29 is 9.59 Å². The molecule has 0 amide bonds. The molecular formula is C20H30N4O2. The Morgan fingerprint density at radius 3 is 2.19 bits per heavy atom. The van der Waals surface area contributed by atoms with Crippen LogP contribution in [0.1, 0.15) is 68.2 Å². The highest BCUT2D eigenvalue weighted by Crippen LogP contribution is 2.23. The lowest BCUT2D eigenvalue weighted by Gasteiger charge is -2.19. The van der Waals surface area contributed by atoms with Crippen LogP contribution in [0.15, 0.2) is 18.5 Å². The number of aryl methyl sites for hydroxylation is 2. The van der Waals surface area contributed by atoms with Crippen LogP contribution in [-0.2, 0) is 20.5 Å². The summed E-state index contributed by atoms with van der Waals surface area (Å²) in [6, 6.07) is 1.81. The summed E-state index contributed by atoms with van der Waals surface area (Å²) < 4.78 is 3.53. The molecule has 0 radical (unpaired) electrons. The van der Waals surface area contributed by atoms with Crippen LogP contribution >= 0.6 is 0 Å². The number of aromatic nitrogens is 3. The fraction of sp³-hybridized carbons (Fsp3) is 0.550. The lowest BCUT2D eigenvalue weighted by molar-refractivity contribution is 0.0849. The normalized spacial score (nSPS) is 12.3. The van der Waals surface area contributed by atoms with Crippen molar-refractivity contribution in [3.05, 3.63) is 35.5 Å². The fourth-order valence-corrected chi connectivity index (χ4v) is 2.77. The fourth-order valence-electron chi connectivity index (χ4n) is 2.77. The first kappa shape index (κ1) is 19.9. The quantitative estimate of drug-likeness (QED) is 0.829. The molecule has 2 heterocycles. The Labute approximate surface area is 155 Å². The van der Waals surface area contributed by atoms with E-state index >= 15 is 0 Å². The standard InChI is InChI=1S/C20H30N4O2/c1-19(2,3)17(26)14-9-13(11-23(14)7)10-15(25)18-21-16(12-24(18)8)22-20(4,5)6/h9,11-12,22H,10H2,1-8H3. The number of nitrogens with one attached hydrogen (secondary N) is 1. The maximum Gasteiger partial charge on any atom is 0.202 e. The number of Topliss-reactive ketones (excluding diaryl/α,β-unsaturated/α-hetero) is 2. The van der Waals surface area contributed by atoms with Gasteiger partial charge >= 0.3 is 0 Å². The van der Waals surface area contributed by atoms with Gasteiger partial charge in [-0.05, 0) is 32.4 Å². The molecule has 1 N–H and O–H groups in total. The second-order valence-corrected chi connectivity index (χ2v) is 8.96. The lowest BCUT2D eigenvalue weighted by Crippen LogP contribution is -2.26. The minimum Gasteiger partial charge on any atom is -0.364 e. The van der Waals surface area contributed by atoms with Crippen LogP contribution in [0.3, 0.4) is 0 Å². The summed E-state index contributed by atoms with van der Waals surface area (Å²) in [6.45, 7) is 11.8. The molecule has 0 aliphatic rings. The smallest absolute Gasteiger partial charge is 0.202 e. The highest BCUT2D eigenvalue weighted by molar-refractivity contribution is 5.99. The number of nitrogens with zero attached hydrogens (tertiary/aromatic N) is 3. The third-order valence-electron chi connectivity index (χ3n) is 3.97. The van der Waals surface area contributed by atoms with Crippen molar-refractivity contribution in [1.82, 2.24) is 14.1 Å². The van der Waals surface area contributed by atoms with Gasteiger partial charge in [-0.25, -0.2) is 4.98 Å². The van der Waals surface area contributed by atoms with Crippen LogP contribution in [0.4, 0.5) is 5.82 Å². The van der Waals surface area contributed by atoms with Crippen molar-refractivity contribution in [2.45, 2.75) is 53.5 Å². The van der Waals surface area contributed by atoms with Gasteiger partial charge in [-0.2, -0.15) is 0 Å². The molecule has 26 heavy (non-hydrogen) atoms. The van der Waals surface area contributed by atoms with Crippen molar-refractivity contribution in [3.8, 4) is 0 Å². The van der Waals surface area contributed by atoms with E-state index < -0.39 is 5.41 Å². The Kier molecular flexibility index (Phi) is 5.17. The first-order chi connectivity index (χ1) is 11.8. The van der Waals surface area contributed by atoms with Crippen molar-refractivity contribution in [3.63, 3.8) is 0 Å². The van der Waals surface area contributed by atoms with Crippen LogP contribution in [0.5, 0.6) is 0 Å². The van der Waals surface area contributed by atoms with Crippen LogP contribution in [0.25, 0.3) is 0 Å². The molecule has 2 aromatic heterocycles. The van der Waals surface area contributed by atoms with Gasteiger partial charge in [0.25, 0.3) is 0 Å². The molecule has 2 aromatic rings. The monoisotopic (exact) mass is 358 g/mol. The van der Waals surface area contributed by atoms with Gasteiger partial charge in [-0.3, -0.25) is 9.59 Å². The van der Waals surface area contributed by atoms with Gasteiger partial charge in [-0.1, -0.05) is 20.8 Å². The van der Waals surface area contributed by atoms with E-state index in [1.54, 1.807) is 9.13 Å².